The summed E-state index contributed by atoms with van der Waals surface area (Å²) in [6.45, 7) is 0.0508. The van der Waals surface area contributed by atoms with E-state index in [-0.39, 0.29) is 29.3 Å². The maximum Gasteiger partial charge on any atom is 0.315 e. The van der Waals surface area contributed by atoms with Crippen LogP contribution in [0.2, 0.25) is 0 Å². The largest absolute Gasteiger partial charge is 0.493 e. The second-order valence-electron chi connectivity index (χ2n) is 5.01. The zero-order valence-corrected chi connectivity index (χ0v) is 13.4. The fraction of sp³-hybridized carbons (Fsp3) is 0.500. The topological polar surface area (TPSA) is 93.7 Å². The predicted octanol–water partition coefficient (Wildman–Crippen LogP) is 0.939. The van der Waals surface area contributed by atoms with Gasteiger partial charge in [-0.1, -0.05) is 0 Å². The van der Waals surface area contributed by atoms with Crippen molar-refractivity contribution in [1.29, 1.82) is 0 Å². The minimum atomic E-state index is -3.50. The van der Waals surface area contributed by atoms with Crippen LogP contribution in [0.3, 0.4) is 0 Å². The van der Waals surface area contributed by atoms with E-state index < -0.39 is 9.84 Å². The number of urea groups is 1. The van der Waals surface area contributed by atoms with Crippen LogP contribution in [0.5, 0.6) is 11.5 Å². The molecule has 22 heavy (non-hydrogen) atoms. The van der Waals surface area contributed by atoms with Gasteiger partial charge in [-0.25, -0.2) is 13.2 Å². The molecular weight excluding hydrogens is 308 g/mol. The summed E-state index contributed by atoms with van der Waals surface area (Å²) < 4.78 is 34.7. The molecule has 2 N–H and O–H groups in total. The Balaban J connectivity index is 1.95. The lowest BCUT2D eigenvalue weighted by atomic mass is 10.3. The number of hydrogen-bond donors (Lipinski definition) is 2. The van der Waals surface area contributed by atoms with E-state index in [9.17, 15) is 13.2 Å². The summed E-state index contributed by atoms with van der Waals surface area (Å²) in [5, 5.41) is 5.28. The van der Waals surface area contributed by atoms with Crippen LogP contribution in [0.4, 0.5) is 4.79 Å². The summed E-state index contributed by atoms with van der Waals surface area (Å²) in [4.78, 5) is 11.6. The number of nitrogens with one attached hydrogen (secondary N) is 2. The van der Waals surface area contributed by atoms with Crippen molar-refractivity contribution in [1.82, 2.24) is 10.6 Å². The van der Waals surface area contributed by atoms with Crippen LogP contribution in [-0.2, 0) is 9.84 Å². The Morgan fingerprint density at radius 3 is 2.50 bits per heavy atom. The Labute approximate surface area is 129 Å². The fourth-order valence-electron chi connectivity index (χ4n) is 1.89. The normalized spacial score (nSPS) is 14.3. The van der Waals surface area contributed by atoms with Crippen molar-refractivity contribution in [2.24, 2.45) is 0 Å². The number of carbonyl (C=O) groups excluding carboxylic acids is 1. The van der Waals surface area contributed by atoms with Gasteiger partial charge in [-0.3, -0.25) is 0 Å². The third-order valence-corrected chi connectivity index (χ3v) is 5.00. The van der Waals surface area contributed by atoms with Gasteiger partial charge in [0, 0.05) is 18.7 Å². The number of rotatable bonds is 7. The van der Waals surface area contributed by atoms with Gasteiger partial charge in [0.2, 0.25) is 0 Å². The molecule has 0 saturated heterocycles. The molecule has 0 atom stereocenters. The van der Waals surface area contributed by atoms with Gasteiger partial charge in [-0.2, -0.15) is 0 Å². The first kappa shape index (κ1) is 16.4. The average Bonchev–Trinajstić information content (AvgIpc) is 3.30. The highest BCUT2D eigenvalue weighted by molar-refractivity contribution is 7.91. The highest BCUT2D eigenvalue weighted by atomic mass is 32.2. The second kappa shape index (κ2) is 6.87. The van der Waals surface area contributed by atoms with E-state index in [0.717, 1.165) is 12.8 Å². The van der Waals surface area contributed by atoms with Crippen molar-refractivity contribution in [3.8, 4) is 11.5 Å². The Morgan fingerprint density at radius 2 is 1.91 bits per heavy atom. The van der Waals surface area contributed by atoms with Gasteiger partial charge in [0.05, 0.1) is 24.9 Å². The monoisotopic (exact) mass is 328 g/mol. The van der Waals surface area contributed by atoms with Gasteiger partial charge in [0.1, 0.15) is 0 Å². The van der Waals surface area contributed by atoms with Crippen LogP contribution in [0, 0.1) is 0 Å². The van der Waals surface area contributed by atoms with E-state index in [1.807, 2.05) is 0 Å². The van der Waals surface area contributed by atoms with E-state index in [4.69, 9.17) is 9.47 Å². The van der Waals surface area contributed by atoms with Gasteiger partial charge in [-0.05, 0) is 25.0 Å². The van der Waals surface area contributed by atoms with E-state index in [1.165, 1.54) is 26.4 Å². The smallest absolute Gasteiger partial charge is 0.315 e. The summed E-state index contributed by atoms with van der Waals surface area (Å²) >= 11 is 0. The van der Waals surface area contributed by atoms with Crippen LogP contribution in [0.15, 0.2) is 23.1 Å². The third-order valence-electron chi connectivity index (χ3n) is 3.28. The quantitative estimate of drug-likeness (QED) is 0.777. The fourth-order valence-corrected chi connectivity index (χ4v) is 3.06. The maximum absolute atomic E-state index is 12.2. The minimum Gasteiger partial charge on any atom is -0.493 e. The number of carbonyl (C=O) groups is 1. The third kappa shape index (κ3) is 4.27. The molecule has 122 valence electrons. The molecule has 0 unspecified atom stereocenters. The van der Waals surface area contributed by atoms with E-state index in [0.29, 0.717) is 11.5 Å². The van der Waals surface area contributed by atoms with Crippen LogP contribution < -0.4 is 20.1 Å². The number of benzene rings is 1. The minimum absolute atomic E-state index is 0.0508. The van der Waals surface area contributed by atoms with Gasteiger partial charge >= 0.3 is 6.03 Å². The number of sulfone groups is 1. The molecule has 0 aliphatic heterocycles. The van der Waals surface area contributed by atoms with Crippen molar-refractivity contribution >= 4 is 15.9 Å². The number of amides is 2. The van der Waals surface area contributed by atoms with Gasteiger partial charge in [0.15, 0.2) is 21.3 Å². The molecule has 0 aromatic heterocycles. The number of hydrogen-bond acceptors (Lipinski definition) is 5. The van der Waals surface area contributed by atoms with Gasteiger partial charge in [-0.15, -0.1) is 0 Å². The number of methoxy groups -OCH3 is 2. The molecule has 0 spiro atoms. The summed E-state index contributed by atoms with van der Waals surface area (Å²) in [5.41, 5.74) is 0. The zero-order chi connectivity index (χ0) is 16.2. The first-order chi connectivity index (χ1) is 10.5. The highest BCUT2D eigenvalue weighted by Gasteiger charge is 2.23. The highest BCUT2D eigenvalue weighted by Crippen LogP contribution is 2.29. The molecule has 2 amide bonds. The SMILES string of the molecule is COc1ccc(S(=O)(=O)CCNC(=O)NC2CC2)cc1OC. The van der Waals surface area contributed by atoms with Crippen LogP contribution in [0.25, 0.3) is 0 Å². The van der Waals surface area contributed by atoms with Crippen molar-refractivity contribution in [2.75, 3.05) is 26.5 Å². The van der Waals surface area contributed by atoms with E-state index in [2.05, 4.69) is 10.6 Å². The van der Waals surface area contributed by atoms with Crippen LogP contribution in [-0.4, -0.2) is 47.0 Å². The molecule has 2 rings (SSSR count). The molecule has 1 saturated carbocycles. The van der Waals surface area contributed by atoms with Gasteiger partial charge < -0.3 is 20.1 Å². The van der Waals surface area contributed by atoms with Crippen molar-refractivity contribution in [3.05, 3.63) is 18.2 Å². The zero-order valence-electron chi connectivity index (χ0n) is 12.6. The molecule has 1 fully saturated rings. The Kier molecular flexibility index (Phi) is 5.12. The van der Waals surface area contributed by atoms with Gasteiger partial charge in [0.25, 0.3) is 0 Å². The predicted molar refractivity (Wildman–Crippen MR) is 81.2 cm³/mol. The summed E-state index contributed by atoms with van der Waals surface area (Å²) in [5.74, 6) is 0.631. The van der Waals surface area contributed by atoms with Crippen LogP contribution >= 0.6 is 0 Å². The molecule has 8 heteroatoms. The lowest BCUT2D eigenvalue weighted by molar-refractivity contribution is 0.241. The van der Waals surface area contributed by atoms with E-state index in [1.54, 1.807) is 6.07 Å². The van der Waals surface area contributed by atoms with Crippen molar-refractivity contribution in [2.45, 2.75) is 23.8 Å². The molecule has 0 radical (unpaired) electrons. The van der Waals surface area contributed by atoms with Crippen molar-refractivity contribution < 1.29 is 22.7 Å². The Bertz CT molecular complexity index is 641. The molecule has 1 aliphatic carbocycles. The summed E-state index contributed by atoms with van der Waals surface area (Å²) in [7, 11) is -0.581. The number of ether oxygens (including phenoxy) is 2. The first-order valence-corrected chi connectivity index (χ1v) is 8.60. The summed E-state index contributed by atoms with van der Waals surface area (Å²) in [6, 6.07) is 4.32. The van der Waals surface area contributed by atoms with Crippen molar-refractivity contribution in [3.63, 3.8) is 0 Å². The van der Waals surface area contributed by atoms with Crippen LogP contribution in [0.1, 0.15) is 12.8 Å². The lowest BCUT2D eigenvalue weighted by Gasteiger charge is -2.11. The van der Waals surface area contributed by atoms with E-state index >= 15 is 0 Å². The molecule has 1 aliphatic rings. The molecule has 0 bridgehead atoms. The average molecular weight is 328 g/mol. The molecule has 0 heterocycles. The first-order valence-electron chi connectivity index (χ1n) is 6.95. The molecule has 1 aromatic rings. The summed E-state index contributed by atoms with van der Waals surface area (Å²) in [6.07, 6.45) is 1.97. The lowest BCUT2D eigenvalue weighted by Crippen LogP contribution is -2.39. The maximum atomic E-state index is 12.2. The standard InChI is InChI=1S/C14H20N2O5S/c1-20-12-6-5-11(9-13(12)21-2)22(18,19)8-7-15-14(17)16-10-3-4-10/h5-6,9-10H,3-4,7-8H2,1-2H3,(H2,15,16,17). The Hall–Kier alpha value is -1.96. The molecule has 7 nitrogen and oxygen atoms in total. The second-order valence-corrected chi connectivity index (χ2v) is 7.12. The molecule has 1 aromatic carbocycles. The molecular formula is C14H20N2O5S. The Morgan fingerprint density at radius 1 is 1.23 bits per heavy atom.